The summed E-state index contributed by atoms with van der Waals surface area (Å²) in [4.78, 5) is 4.70. The van der Waals surface area contributed by atoms with Crippen molar-refractivity contribution in [3.8, 4) is 78.4 Å². The molecule has 0 N–H and O–H groups in total. The van der Waals surface area contributed by atoms with E-state index in [1.807, 2.05) is 0 Å². The molecule has 94 heavy (non-hydrogen) atoms. The van der Waals surface area contributed by atoms with Crippen LogP contribution in [0.5, 0.6) is 0 Å². The highest BCUT2D eigenvalue weighted by atomic mass is 15.2. The molecule has 2 aromatic heterocycles. The number of hydrogen-bond acceptors (Lipinski definition) is 2. The number of fused-ring (bicyclic) bond motifs is 6. The molecule has 0 bridgehead atoms. The van der Waals surface area contributed by atoms with Gasteiger partial charge in [-0.05, 0) is 152 Å². The molecule has 0 amide bonds. The highest BCUT2D eigenvalue weighted by Crippen LogP contribution is 2.49. The van der Waals surface area contributed by atoms with E-state index in [4.69, 9.17) is 0 Å². The molecule has 17 rings (SSSR count). The third-order valence-electron chi connectivity index (χ3n) is 18.5. The van der Waals surface area contributed by atoms with Gasteiger partial charge in [0.1, 0.15) is 0 Å². The lowest BCUT2D eigenvalue weighted by Crippen LogP contribution is -2.12. The maximum atomic E-state index is 2.49. The molecule has 17 aromatic rings. The fourth-order valence-corrected chi connectivity index (χ4v) is 14.4. The quantitative estimate of drug-likeness (QED) is 0.108. The van der Waals surface area contributed by atoms with Crippen LogP contribution in [0.2, 0.25) is 0 Å². The molecule has 0 aliphatic carbocycles. The Morgan fingerprint density at radius 2 is 0.436 bits per heavy atom. The van der Waals surface area contributed by atoms with Crippen molar-refractivity contribution in [1.82, 2.24) is 9.13 Å². The Labute approximate surface area is 547 Å². The van der Waals surface area contributed by atoms with E-state index in [0.29, 0.717) is 0 Å². The minimum atomic E-state index is 1.04. The molecule has 4 heteroatoms. The lowest BCUT2D eigenvalue weighted by atomic mass is 9.94. The number of nitrogens with zero attached hydrogens (tertiary/aromatic N) is 4. The van der Waals surface area contributed by atoms with Gasteiger partial charge in [-0.2, -0.15) is 0 Å². The van der Waals surface area contributed by atoms with E-state index in [9.17, 15) is 0 Å². The van der Waals surface area contributed by atoms with Gasteiger partial charge in [-0.15, -0.1) is 0 Å². The molecule has 0 atom stereocenters. The minimum absolute atomic E-state index is 1.04. The first-order valence-electron chi connectivity index (χ1n) is 32.2. The van der Waals surface area contributed by atoms with E-state index in [-0.39, 0.29) is 0 Å². The van der Waals surface area contributed by atoms with Crippen LogP contribution in [0.4, 0.5) is 34.1 Å². The number of rotatable bonds is 14. The molecule has 0 saturated heterocycles. The van der Waals surface area contributed by atoms with Crippen LogP contribution < -0.4 is 9.80 Å². The number of anilines is 6. The predicted molar refractivity (Wildman–Crippen MR) is 397 cm³/mol. The largest absolute Gasteiger partial charge is 0.311 e. The van der Waals surface area contributed by atoms with Crippen LogP contribution in [0.25, 0.3) is 122 Å². The summed E-state index contributed by atoms with van der Waals surface area (Å²) >= 11 is 0. The number of aromatic nitrogens is 2. The van der Waals surface area contributed by atoms with E-state index in [0.717, 1.165) is 56.6 Å². The Morgan fingerprint density at radius 1 is 0.170 bits per heavy atom. The van der Waals surface area contributed by atoms with Crippen molar-refractivity contribution < 1.29 is 0 Å². The number of benzene rings is 15. The van der Waals surface area contributed by atoms with Crippen LogP contribution in [0.3, 0.4) is 0 Å². The van der Waals surface area contributed by atoms with Crippen LogP contribution in [-0.4, -0.2) is 9.13 Å². The molecule has 0 spiro atoms. The van der Waals surface area contributed by atoms with Gasteiger partial charge in [0.05, 0.1) is 22.4 Å². The van der Waals surface area contributed by atoms with Crippen LogP contribution in [-0.2, 0) is 0 Å². The Balaban J connectivity index is 0.803. The molecule has 0 radical (unpaired) electrons. The molecule has 0 aliphatic heterocycles. The van der Waals surface area contributed by atoms with Gasteiger partial charge in [-0.3, -0.25) is 0 Å². The second kappa shape index (κ2) is 24.0. The van der Waals surface area contributed by atoms with Crippen molar-refractivity contribution in [2.24, 2.45) is 0 Å². The van der Waals surface area contributed by atoms with Crippen LogP contribution >= 0.6 is 0 Å². The maximum Gasteiger partial charge on any atom is 0.0620 e. The van der Waals surface area contributed by atoms with Gasteiger partial charge < -0.3 is 18.9 Å². The smallest absolute Gasteiger partial charge is 0.0620 e. The third-order valence-corrected chi connectivity index (χ3v) is 18.5. The molecule has 442 valence electrons. The molecular weight excluding hydrogens is 1140 g/mol. The zero-order chi connectivity index (χ0) is 62.3. The Morgan fingerprint density at radius 3 is 0.766 bits per heavy atom. The van der Waals surface area contributed by atoms with E-state index in [1.54, 1.807) is 0 Å². The van der Waals surface area contributed by atoms with Crippen LogP contribution in [0.1, 0.15) is 0 Å². The highest BCUT2D eigenvalue weighted by molar-refractivity contribution is 6.20. The summed E-state index contributed by atoms with van der Waals surface area (Å²) < 4.78 is 4.98. The minimum Gasteiger partial charge on any atom is -0.311 e. The monoisotopic (exact) mass is 1200 g/mol. The van der Waals surface area contributed by atoms with E-state index in [1.165, 1.54) is 99.2 Å². The van der Waals surface area contributed by atoms with Crippen molar-refractivity contribution >= 4 is 77.5 Å². The van der Waals surface area contributed by atoms with Crippen molar-refractivity contribution in [2.45, 2.75) is 0 Å². The fraction of sp³-hybridized carbons (Fsp3) is 0. The maximum absolute atomic E-state index is 2.49. The lowest BCUT2D eigenvalue weighted by Gasteiger charge is -2.28. The van der Waals surface area contributed by atoms with Gasteiger partial charge >= 0.3 is 0 Å². The summed E-state index contributed by atoms with van der Waals surface area (Å²) in [5.74, 6) is 0. The first-order chi connectivity index (χ1) is 46.7. The average molecular weight is 1200 g/mol. The molecule has 15 aromatic carbocycles. The van der Waals surface area contributed by atoms with Crippen molar-refractivity contribution in [3.05, 3.63) is 376 Å². The molecule has 0 aliphatic rings. The lowest BCUT2D eigenvalue weighted by molar-refractivity contribution is 1.14. The van der Waals surface area contributed by atoms with Crippen molar-refractivity contribution in [1.29, 1.82) is 0 Å². The standard InChI is InChI=1S/C90H62N4/c1-9-27-65(28-10-1)85-83-61-59-79-77(43-25-45-81(79)89(83)93(71-39-21-7-22-40-71)87(85)67-31-13-3-14-32-67)63-47-51-73(52-48-63)92(76-57-55-75(56-58-76)91(69-35-17-5-18-36-69)70-37-19-6-20-38-70)74-53-49-64(50-54-74)78-44-26-46-82-80(78)60-62-84-86(66-29-11-2-12-30-66)88(68-33-15-4-16-34-68)94(90(82)84)72-41-23-8-24-42-72/h1-62H. The van der Waals surface area contributed by atoms with Crippen molar-refractivity contribution in [2.75, 3.05) is 9.80 Å². The summed E-state index contributed by atoms with van der Waals surface area (Å²) in [7, 11) is 0. The predicted octanol–water partition coefficient (Wildman–Crippen LogP) is 24.8. The summed E-state index contributed by atoms with van der Waals surface area (Å²) in [6, 6.07) is 137. The summed E-state index contributed by atoms with van der Waals surface area (Å²) in [5.41, 5.74) is 25.1. The average Bonchev–Trinajstić information content (AvgIpc) is 1.56. The zero-order valence-electron chi connectivity index (χ0n) is 51.6. The Kier molecular flexibility index (Phi) is 14.2. The fourth-order valence-electron chi connectivity index (χ4n) is 14.4. The summed E-state index contributed by atoms with van der Waals surface area (Å²) in [6.07, 6.45) is 0. The topological polar surface area (TPSA) is 16.3 Å². The van der Waals surface area contributed by atoms with Gasteiger partial charge in [0.15, 0.2) is 0 Å². The third kappa shape index (κ3) is 9.81. The van der Waals surface area contributed by atoms with Gasteiger partial charge in [0.25, 0.3) is 0 Å². The highest BCUT2D eigenvalue weighted by Gasteiger charge is 2.26. The molecule has 2 heterocycles. The molecule has 0 fully saturated rings. The molecular formula is C90H62N4. The number of hydrogen-bond donors (Lipinski definition) is 0. The molecule has 0 unspecified atom stereocenters. The normalized spacial score (nSPS) is 11.4. The number of para-hydroxylation sites is 4. The van der Waals surface area contributed by atoms with Crippen LogP contribution in [0, 0.1) is 0 Å². The van der Waals surface area contributed by atoms with Gasteiger partial charge in [0.2, 0.25) is 0 Å². The second-order valence-corrected chi connectivity index (χ2v) is 23.9. The first kappa shape index (κ1) is 55.6. The van der Waals surface area contributed by atoms with Gasteiger partial charge in [-0.25, -0.2) is 0 Å². The van der Waals surface area contributed by atoms with Gasteiger partial charge in [-0.1, -0.05) is 279 Å². The Bertz CT molecular complexity index is 5190. The SMILES string of the molecule is c1ccc(-c2c(-c3ccccc3)n(-c3ccccc3)c3c2ccc2c(-c4ccc(N(c5ccc(-c6cccc7c6ccc6c(-c8ccccc8)c(-c8ccccc8)n(-c8ccccc8)c67)cc5)c5ccc(N(c6ccccc6)c6ccccc6)cc5)cc4)cccc23)cc1. The van der Waals surface area contributed by atoms with E-state index in [2.05, 4.69) is 395 Å². The second-order valence-electron chi connectivity index (χ2n) is 23.9. The van der Waals surface area contributed by atoms with E-state index >= 15 is 0 Å². The van der Waals surface area contributed by atoms with Crippen molar-refractivity contribution in [3.63, 3.8) is 0 Å². The summed E-state index contributed by atoms with van der Waals surface area (Å²) in [6.45, 7) is 0. The molecule has 4 nitrogen and oxygen atoms in total. The Hall–Kier alpha value is -12.5. The first-order valence-corrected chi connectivity index (χ1v) is 32.2. The zero-order valence-corrected chi connectivity index (χ0v) is 51.6. The summed E-state index contributed by atoms with van der Waals surface area (Å²) in [5, 5.41) is 7.19. The van der Waals surface area contributed by atoms with Gasteiger partial charge in [0, 0.05) is 78.2 Å². The molecule has 0 saturated carbocycles. The van der Waals surface area contributed by atoms with Crippen LogP contribution in [0.15, 0.2) is 376 Å². The van der Waals surface area contributed by atoms with E-state index < -0.39 is 0 Å².